The summed E-state index contributed by atoms with van der Waals surface area (Å²) in [4.78, 5) is 16.9. The standard InChI is InChI=1S/C16H31N3O3/c1-3-21-11-8-19-7-6-18(12-14(19)2)13-16(20)17-15-4-9-22-10-5-15/h14-15H,3-13H2,1-2H3,(H,17,20)/t14-/m0/s1. The van der Waals surface area contributed by atoms with Crippen LogP contribution < -0.4 is 5.32 Å². The number of carbonyl (C=O) groups is 1. The summed E-state index contributed by atoms with van der Waals surface area (Å²) in [5.41, 5.74) is 0. The predicted molar refractivity (Wildman–Crippen MR) is 86.0 cm³/mol. The van der Waals surface area contributed by atoms with Crippen LogP contribution in [0.4, 0.5) is 0 Å². The molecule has 0 aromatic carbocycles. The first-order chi connectivity index (χ1) is 10.7. The molecule has 22 heavy (non-hydrogen) atoms. The van der Waals surface area contributed by atoms with Crippen LogP contribution in [0, 0.1) is 0 Å². The fraction of sp³-hybridized carbons (Fsp3) is 0.938. The van der Waals surface area contributed by atoms with Gasteiger partial charge in [-0.3, -0.25) is 14.6 Å². The number of hydrogen-bond donors (Lipinski definition) is 1. The molecule has 0 radical (unpaired) electrons. The Kier molecular flexibility index (Phi) is 7.59. The van der Waals surface area contributed by atoms with Crippen LogP contribution in [0.15, 0.2) is 0 Å². The Morgan fingerprint density at radius 3 is 2.77 bits per heavy atom. The summed E-state index contributed by atoms with van der Waals surface area (Å²) in [6.07, 6.45) is 1.88. The first kappa shape index (κ1) is 17.7. The van der Waals surface area contributed by atoms with E-state index in [4.69, 9.17) is 9.47 Å². The molecule has 1 N–H and O–H groups in total. The quantitative estimate of drug-likeness (QED) is 0.686. The molecule has 0 saturated carbocycles. The van der Waals surface area contributed by atoms with Gasteiger partial charge >= 0.3 is 0 Å². The Balaban J connectivity index is 1.65. The highest BCUT2D eigenvalue weighted by molar-refractivity contribution is 5.78. The molecule has 2 rings (SSSR count). The normalized spacial score (nSPS) is 25.3. The van der Waals surface area contributed by atoms with Gasteiger partial charge in [0.2, 0.25) is 5.91 Å². The van der Waals surface area contributed by atoms with Gasteiger partial charge in [0.05, 0.1) is 13.2 Å². The van der Waals surface area contributed by atoms with E-state index in [0.29, 0.717) is 18.6 Å². The summed E-state index contributed by atoms with van der Waals surface area (Å²) >= 11 is 0. The zero-order chi connectivity index (χ0) is 15.8. The molecule has 128 valence electrons. The van der Waals surface area contributed by atoms with Crippen LogP contribution in [-0.4, -0.2) is 86.9 Å². The topological polar surface area (TPSA) is 54.0 Å². The molecule has 0 bridgehead atoms. The monoisotopic (exact) mass is 313 g/mol. The van der Waals surface area contributed by atoms with E-state index in [2.05, 4.69) is 22.0 Å². The number of ether oxygens (including phenoxy) is 2. The number of hydrogen-bond acceptors (Lipinski definition) is 5. The number of amides is 1. The fourth-order valence-corrected chi connectivity index (χ4v) is 3.19. The minimum atomic E-state index is 0.155. The van der Waals surface area contributed by atoms with Gasteiger partial charge in [-0.05, 0) is 26.7 Å². The molecule has 2 aliphatic rings. The molecule has 1 atom stereocenters. The van der Waals surface area contributed by atoms with Crippen molar-refractivity contribution in [1.82, 2.24) is 15.1 Å². The van der Waals surface area contributed by atoms with Crippen LogP contribution >= 0.6 is 0 Å². The van der Waals surface area contributed by atoms with Gasteiger partial charge in [-0.2, -0.15) is 0 Å². The van der Waals surface area contributed by atoms with Crippen LogP contribution in [0.2, 0.25) is 0 Å². The van der Waals surface area contributed by atoms with Crippen molar-refractivity contribution in [2.45, 2.75) is 38.8 Å². The third-order valence-electron chi connectivity index (χ3n) is 4.53. The van der Waals surface area contributed by atoms with E-state index in [0.717, 1.165) is 65.4 Å². The third-order valence-corrected chi connectivity index (χ3v) is 4.53. The minimum absolute atomic E-state index is 0.155. The average molecular weight is 313 g/mol. The van der Waals surface area contributed by atoms with Crippen molar-refractivity contribution in [2.75, 3.05) is 59.2 Å². The van der Waals surface area contributed by atoms with E-state index in [1.807, 2.05) is 6.92 Å². The largest absolute Gasteiger partial charge is 0.381 e. The van der Waals surface area contributed by atoms with Gasteiger partial charge in [0.15, 0.2) is 0 Å². The first-order valence-corrected chi connectivity index (χ1v) is 8.60. The summed E-state index contributed by atoms with van der Waals surface area (Å²) in [6, 6.07) is 0.774. The van der Waals surface area contributed by atoms with E-state index in [1.54, 1.807) is 0 Å². The van der Waals surface area contributed by atoms with Crippen molar-refractivity contribution in [2.24, 2.45) is 0 Å². The van der Waals surface area contributed by atoms with E-state index >= 15 is 0 Å². The van der Waals surface area contributed by atoms with Gasteiger partial charge in [-0.25, -0.2) is 0 Å². The summed E-state index contributed by atoms with van der Waals surface area (Å²) < 4.78 is 10.8. The predicted octanol–water partition coefficient (Wildman–Crippen LogP) is 0.324. The second-order valence-corrected chi connectivity index (χ2v) is 6.27. The highest BCUT2D eigenvalue weighted by Crippen LogP contribution is 2.10. The lowest BCUT2D eigenvalue weighted by molar-refractivity contribution is -0.124. The number of nitrogens with one attached hydrogen (secondary N) is 1. The third kappa shape index (κ3) is 5.83. The molecular weight excluding hydrogens is 282 g/mol. The first-order valence-electron chi connectivity index (χ1n) is 8.60. The van der Waals surface area contributed by atoms with E-state index in [1.165, 1.54) is 0 Å². The lowest BCUT2D eigenvalue weighted by Gasteiger charge is -2.39. The van der Waals surface area contributed by atoms with Crippen LogP contribution in [0.1, 0.15) is 26.7 Å². The lowest BCUT2D eigenvalue weighted by Crippen LogP contribution is -2.55. The molecule has 2 saturated heterocycles. The summed E-state index contributed by atoms with van der Waals surface area (Å²) in [7, 11) is 0. The van der Waals surface area contributed by atoms with Crippen LogP contribution in [0.25, 0.3) is 0 Å². The maximum absolute atomic E-state index is 12.2. The summed E-state index contributed by atoms with van der Waals surface area (Å²) in [6.45, 7) is 11.8. The Morgan fingerprint density at radius 2 is 2.09 bits per heavy atom. The second kappa shape index (κ2) is 9.45. The smallest absolute Gasteiger partial charge is 0.234 e. The van der Waals surface area contributed by atoms with Gasteiger partial charge in [-0.15, -0.1) is 0 Å². The van der Waals surface area contributed by atoms with Crippen LogP contribution in [0.3, 0.4) is 0 Å². The van der Waals surface area contributed by atoms with E-state index in [-0.39, 0.29) is 5.91 Å². The Labute approximate surface area is 134 Å². The minimum Gasteiger partial charge on any atom is -0.381 e. The van der Waals surface area contributed by atoms with E-state index in [9.17, 15) is 4.79 Å². The number of rotatable bonds is 7. The van der Waals surface area contributed by atoms with Crippen molar-refractivity contribution in [3.63, 3.8) is 0 Å². The highest BCUT2D eigenvalue weighted by Gasteiger charge is 2.25. The Bertz CT molecular complexity index is 335. The van der Waals surface area contributed by atoms with Crippen molar-refractivity contribution >= 4 is 5.91 Å². The molecule has 2 aliphatic heterocycles. The van der Waals surface area contributed by atoms with Gasteiger partial charge in [0.25, 0.3) is 0 Å². The molecule has 6 nitrogen and oxygen atoms in total. The highest BCUT2D eigenvalue weighted by atomic mass is 16.5. The Hall–Kier alpha value is -0.690. The van der Waals surface area contributed by atoms with Gasteiger partial charge in [0, 0.05) is 58.1 Å². The lowest BCUT2D eigenvalue weighted by atomic mass is 10.1. The van der Waals surface area contributed by atoms with Crippen LogP contribution in [-0.2, 0) is 14.3 Å². The fourth-order valence-electron chi connectivity index (χ4n) is 3.19. The molecule has 0 unspecified atom stereocenters. The van der Waals surface area contributed by atoms with Gasteiger partial charge in [0.1, 0.15) is 0 Å². The SMILES string of the molecule is CCOCCN1CCN(CC(=O)NC2CCOCC2)C[C@@H]1C. The summed E-state index contributed by atoms with van der Waals surface area (Å²) in [5.74, 6) is 0.155. The number of nitrogens with zero attached hydrogens (tertiary/aromatic N) is 2. The second-order valence-electron chi connectivity index (χ2n) is 6.27. The maximum atomic E-state index is 12.2. The van der Waals surface area contributed by atoms with Crippen molar-refractivity contribution in [1.29, 1.82) is 0 Å². The molecule has 0 spiro atoms. The van der Waals surface area contributed by atoms with E-state index < -0.39 is 0 Å². The zero-order valence-corrected chi connectivity index (χ0v) is 14.1. The van der Waals surface area contributed by atoms with Crippen LogP contribution in [0.5, 0.6) is 0 Å². The van der Waals surface area contributed by atoms with Crippen molar-refractivity contribution in [3.05, 3.63) is 0 Å². The van der Waals surface area contributed by atoms with Gasteiger partial charge in [-0.1, -0.05) is 0 Å². The number of carbonyl (C=O) groups excluding carboxylic acids is 1. The number of piperazine rings is 1. The molecule has 2 fully saturated rings. The Morgan fingerprint density at radius 1 is 1.32 bits per heavy atom. The molecule has 0 aromatic heterocycles. The average Bonchev–Trinajstić information content (AvgIpc) is 2.50. The zero-order valence-electron chi connectivity index (χ0n) is 14.1. The molecule has 6 heteroatoms. The molecule has 1 amide bonds. The molecule has 0 aliphatic carbocycles. The van der Waals surface area contributed by atoms with Crippen molar-refractivity contribution in [3.8, 4) is 0 Å². The molecular formula is C16H31N3O3. The van der Waals surface area contributed by atoms with Gasteiger partial charge < -0.3 is 14.8 Å². The maximum Gasteiger partial charge on any atom is 0.234 e. The van der Waals surface area contributed by atoms with Crippen molar-refractivity contribution < 1.29 is 14.3 Å². The molecule has 0 aromatic rings. The molecule has 2 heterocycles. The summed E-state index contributed by atoms with van der Waals surface area (Å²) in [5, 5.41) is 3.14.